The van der Waals surface area contributed by atoms with Crippen LogP contribution >= 0.6 is 0 Å². The smallest absolute Gasteiger partial charge is 0.323 e. The van der Waals surface area contributed by atoms with Crippen LogP contribution in [0.3, 0.4) is 0 Å². The summed E-state index contributed by atoms with van der Waals surface area (Å²) in [7, 11) is -2.71. The third kappa shape index (κ3) is 6.45. The molecule has 2 heterocycles. The lowest BCUT2D eigenvalue weighted by molar-refractivity contribution is -0.144. The van der Waals surface area contributed by atoms with E-state index in [2.05, 4.69) is 32.2 Å². The second kappa shape index (κ2) is 10.7. The third-order valence-corrected chi connectivity index (χ3v) is 6.92. The lowest BCUT2D eigenvalue weighted by Crippen LogP contribution is -2.48. The third-order valence-electron chi connectivity index (χ3n) is 5.40. The lowest BCUT2D eigenvalue weighted by Gasteiger charge is -2.27. The summed E-state index contributed by atoms with van der Waals surface area (Å²) in [5, 5.41) is 15.3. The summed E-state index contributed by atoms with van der Waals surface area (Å²) in [6.45, 7) is 2.66. The number of amides is 1. The van der Waals surface area contributed by atoms with Gasteiger partial charge in [0.15, 0.2) is 5.95 Å². The molecule has 2 aromatic rings. The Morgan fingerprint density at radius 2 is 2.15 bits per heavy atom. The number of carbonyl (C=O) groups is 2. The van der Waals surface area contributed by atoms with Gasteiger partial charge in [-0.25, -0.2) is 13.4 Å². The van der Waals surface area contributed by atoms with Crippen molar-refractivity contribution in [2.45, 2.75) is 37.1 Å². The highest BCUT2D eigenvalue weighted by atomic mass is 32.2. The number of aromatic nitrogens is 2. The van der Waals surface area contributed by atoms with Crippen molar-refractivity contribution in [3.05, 3.63) is 36.2 Å². The van der Waals surface area contributed by atoms with Gasteiger partial charge in [0.05, 0.1) is 5.69 Å². The highest BCUT2D eigenvalue weighted by Crippen LogP contribution is 2.31. The van der Waals surface area contributed by atoms with Crippen molar-refractivity contribution in [3.8, 4) is 0 Å². The largest absolute Gasteiger partial charge is 0.480 e. The average Bonchev–Trinajstić information content (AvgIpc) is 3.27. The van der Waals surface area contributed by atoms with Crippen LogP contribution < -0.4 is 15.4 Å². The van der Waals surface area contributed by atoms with E-state index in [9.17, 15) is 18.0 Å². The van der Waals surface area contributed by atoms with E-state index >= 15 is 0 Å². The predicted molar refractivity (Wildman–Crippen MR) is 123 cm³/mol. The second-order valence-electron chi connectivity index (χ2n) is 8.25. The van der Waals surface area contributed by atoms with Crippen molar-refractivity contribution in [2.75, 3.05) is 37.3 Å². The highest BCUT2D eigenvalue weighted by Gasteiger charge is 2.31. The number of carboxylic acid groups (broad SMARTS) is 1. The first-order valence-corrected chi connectivity index (χ1v) is 12.2. The zero-order chi connectivity index (χ0) is 24.0. The number of para-hydroxylation sites is 1. The number of fused-ring (bicyclic) bond motifs is 1. The predicted octanol–water partition coefficient (Wildman–Crippen LogP) is 1.10. The Hall–Kier alpha value is -3.12. The number of rotatable bonds is 11. The summed E-state index contributed by atoms with van der Waals surface area (Å²) in [5.74, 6) is -0.838. The molecule has 0 spiro atoms. The number of imidazole rings is 1. The van der Waals surface area contributed by atoms with Gasteiger partial charge in [-0.2, -0.15) is 4.72 Å². The molecule has 1 amide bonds. The molecule has 1 aliphatic heterocycles. The van der Waals surface area contributed by atoms with Crippen LogP contribution in [0.25, 0.3) is 0 Å². The van der Waals surface area contributed by atoms with Gasteiger partial charge in [0.2, 0.25) is 15.9 Å². The number of carbonyl (C=O) groups excluding carboxylic acids is 1. The number of aliphatic carboxylic acids is 1. The van der Waals surface area contributed by atoms with Gasteiger partial charge in [0.25, 0.3) is 0 Å². The molecule has 11 nitrogen and oxygen atoms in total. The summed E-state index contributed by atoms with van der Waals surface area (Å²) < 4.78 is 29.1. The standard InChI is InChI=1S/C21H30N6O5S/c1-14-11-15-5-3-7-17(19(15)25-12-14)33(31,32)26-16(20(30)27(2)13-18(28)29)6-4-8-22-21-23-9-10-24-21/h3,5,7,9-10,14,16,25-26H,4,6,8,11-13H2,1-2H3,(H,28,29)(H2,22,23,24)/t14?,16-/m0/s1. The Labute approximate surface area is 193 Å². The van der Waals surface area contributed by atoms with Crippen molar-refractivity contribution in [1.29, 1.82) is 0 Å². The van der Waals surface area contributed by atoms with Gasteiger partial charge in [0, 0.05) is 32.5 Å². The fourth-order valence-electron chi connectivity index (χ4n) is 3.80. The molecule has 1 unspecified atom stereocenters. The normalized spacial score (nSPS) is 16.4. The molecule has 180 valence electrons. The van der Waals surface area contributed by atoms with Gasteiger partial charge < -0.3 is 25.6 Å². The fraction of sp³-hybridized carbons (Fsp3) is 0.476. The number of aromatic amines is 1. The number of H-pyrrole nitrogens is 1. The second-order valence-corrected chi connectivity index (χ2v) is 9.93. The van der Waals surface area contributed by atoms with Gasteiger partial charge >= 0.3 is 5.97 Å². The van der Waals surface area contributed by atoms with Crippen molar-refractivity contribution >= 4 is 33.5 Å². The molecule has 0 bridgehead atoms. The van der Waals surface area contributed by atoms with Crippen molar-refractivity contribution in [3.63, 3.8) is 0 Å². The van der Waals surface area contributed by atoms with Gasteiger partial charge in [-0.3, -0.25) is 9.59 Å². The van der Waals surface area contributed by atoms with Gasteiger partial charge in [-0.1, -0.05) is 19.1 Å². The van der Waals surface area contributed by atoms with E-state index in [4.69, 9.17) is 5.11 Å². The van der Waals surface area contributed by atoms with Crippen LogP contribution in [-0.4, -0.2) is 73.0 Å². The molecule has 2 atom stereocenters. The number of sulfonamides is 1. The number of likely N-dealkylation sites (N-methyl/N-ethyl adjacent to an activating group) is 1. The Bertz CT molecular complexity index is 1070. The number of hydrogen-bond acceptors (Lipinski definition) is 7. The number of nitrogens with zero attached hydrogens (tertiary/aromatic N) is 2. The monoisotopic (exact) mass is 478 g/mol. The Kier molecular flexibility index (Phi) is 7.92. The number of carboxylic acids is 1. The van der Waals surface area contributed by atoms with E-state index < -0.39 is 34.5 Å². The minimum atomic E-state index is -4.05. The van der Waals surface area contributed by atoms with Crippen molar-refractivity contribution < 1.29 is 23.1 Å². The average molecular weight is 479 g/mol. The number of benzene rings is 1. The Morgan fingerprint density at radius 3 is 2.85 bits per heavy atom. The summed E-state index contributed by atoms with van der Waals surface area (Å²) in [5.41, 5.74) is 1.46. The summed E-state index contributed by atoms with van der Waals surface area (Å²) in [4.78, 5) is 32.0. The molecule has 0 radical (unpaired) electrons. The van der Waals surface area contributed by atoms with Crippen LogP contribution in [0.1, 0.15) is 25.3 Å². The minimum Gasteiger partial charge on any atom is -0.480 e. The molecule has 0 aliphatic carbocycles. The quantitative estimate of drug-likeness (QED) is 0.301. The van der Waals surface area contributed by atoms with E-state index in [1.165, 1.54) is 13.1 Å². The van der Waals surface area contributed by atoms with Crippen LogP contribution in [0.2, 0.25) is 0 Å². The zero-order valence-corrected chi connectivity index (χ0v) is 19.5. The first kappa shape index (κ1) is 24.5. The molecule has 1 aromatic heterocycles. The SMILES string of the molecule is CC1CNc2c(cccc2S(=O)(=O)N[C@@H](CCCNc2ncc[nH]2)C(=O)N(C)CC(=O)O)C1. The van der Waals surface area contributed by atoms with E-state index in [0.717, 1.165) is 16.9 Å². The number of anilines is 2. The molecule has 0 saturated carbocycles. The van der Waals surface area contributed by atoms with Gasteiger partial charge in [-0.15, -0.1) is 0 Å². The molecule has 12 heteroatoms. The number of nitrogens with one attached hydrogen (secondary N) is 4. The van der Waals surface area contributed by atoms with E-state index in [-0.39, 0.29) is 11.3 Å². The van der Waals surface area contributed by atoms with Crippen LogP contribution in [0.5, 0.6) is 0 Å². The van der Waals surface area contributed by atoms with E-state index in [1.807, 2.05) is 6.07 Å². The van der Waals surface area contributed by atoms with Crippen LogP contribution in [-0.2, 0) is 26.0 Å². The maximum absolute atomic E-state index is 13.3. The Balaban J connectivity index is 1.77. The molecular weight excluding hydrogens is 448 g/mol. The first-order valence-electron chi connectivity index (χ1n) is 10.8. The molecule has 1 aromatic carbocycles. The van der Waals surface area contributed by atoms with Crippen LogP contribution in [0, 0.1) is 5.92 Å². The van der Waals surface area contributed by atoms with Crippen molar-refractivity contribution in [1.82, 2.24) is 19.6 Å². The first-order chi connectivity index (χ1) is 15.7. The van der Waals surface area contributed by atoms with Crippen LogP contribution in [0.15, 0.2) is 35.5 Å². The van der Waals surface area contributed by atoms with E-state index in [1.54, 1.807) is 18.5 Å². The minimum absolute atomic E-state index is 0.0827. The van der Waals surface area contributed by atoms with Crippen LogP contribution in [0.4, 0.5) is 11.6 Å². The molecule has 1 aliphatic rings. The summed E-state index contributed by atoms with van der Waals surface area (Å²) >= 11 is 0. The maximum atomic E-state index is 13.3. The lowest BCUT2D eigenvalue weighted by atomic mass is 9.96. The molecule has 33 heavy (non-hydrogen) atoms. The molecule has 0 saturated heterocycles. The molecule has 3 rings (SSSR count). The zero-order valence-electron chi connectivity index (χ0n) is 18.7. The Morgan fingerprint density at radius 1 is 1.36 bits per heavy atom. The maximum Gasteiger partial charge on any atom is 0.323 e. The summed E-state index contributed by atoms with van der Waals surface area (Å²) in [6, 6.07) is 3.97. The number of hydrogen-bond donors (Lipinski definition) is 5. The van der Waals surface area contributed by atoms with E-state index in [0.29, 0.717) is 37.1 Å². The molecule has 0 fully saturated rings. The van der Waals surface area contributed by atoms with Gasteiger partial charge in [0.1, 0.15) is 17.5 Å². The molecular formula is C21H30N6O5S. The topological polar surface area (TPSA) is 157 Å². The highest BCUT2D eigenvalue weighted by molar-refractivity contribution is 7.89. The summed E-state index contributed by atoms with van der Waals surface area (Å²) in [6.07, 6.45) is 4.64. The van der Waals surface area contributed by atoms with Gasteiger partial charge in [-0.05, 0) is 36.8 Å². The molecule has 5 N–H and O–H groups in total. The van der Waals surface area contributed by atoms with Crippen molar-refractivity contribution in [2.24, 2.45) is 5.92 Å². The fourth-order valence-corrected chi connectivity index (χ4v) is 5.25.